The van der Waals surface area contributed by atoms with Crippen LogP contribution < -0.4 is 10.1 Å². The Bertz CT molecular complexity index is 1010. The average Bonchev–Trinajstić information content (AvgIpc) is 2.69. The van der Waals surface area contributed by atoms with E-state index in [0.29, 0.717) is 16.9 Å². The van der Waals surface area contributed by atoms with Crippen LogP contribution in [0.15, 0.2) is 47.4 Å². The number of sulfonamides is 1. The van der Waals surface area contributed by atoms with Crippen LogP contribution in [-0.2, 0) is 34.0 Å². The monoisotopic (exact) mass is 444 g/mol. The first-order valence-electron chi connectivity index (χ1n) is 8.97. The maximum absolute atomic E-state index is 12.8. The number of ether oxygens (including phenoxy) is 1. The van der Waals surface area contributed by atoms with E-state index in [2.05, 4.69) is 5.32 Å². The maximum atomic E-state index is 12.8. The quantitative estimate of drug-likeness (QED) is 0.679. The van der Waals surface area contributed by atoms with Gasteiger partial charge in [0.05, 0.1) is 17.6 Å². The first kappa shape index (κ1) is 23.7. The summed E-state index contributed by atoms with van der Waals surface area (Å²) in [5.41, 5.74) is 0.0855. The molecule has 0 aliphatic heterocycles. The van der Waals surface area contributed by atoms with E-state index in [1.807, 2.05) is 0 Å². The minimum absolute atomic E-state index is 0.0147. The molecular formula is C20H23F3N2O4S. The van der Waals surface area contributed by atoms with Crippen LogP contribution in [0.4, 0.5) is 13.2 Å². The molecule has 2 aromatic carbocycles. The van der Waals surface area contributed by atoms with Gasteiger partial charge in [-0.25, -0.2) is 12.7 Å². The highest BCUT2D eigenvalue weighted by Crippen LogP contribution is 2.29. The largest absolute Gasteiger partial charge is 0.496 e. The number of amides is 1. The van der Waals surface area contributed by atoms with Gasteiger partial charge in [-0.2, -0.15) is 13.2 Å². The fraction of sp³-hybridized carbons (Fsp3) is 0.350. The number of hydrogen-bond acceptors (Lipinski definition) is 4. The Kier molecular flexibility index (Phi) is 7.49. The van der Waals surface area contributed by atoms with E-state index in [4.69, 9.17) is 4.74 Å². The molecule has 0 spiro atoms. The number of aryl methyl sites for hydroxylation is 1. The van der Waals surface area contributed by atoms with E-state index < -0.39 is 21.8 Å². The fourth-order valence-corrected chi connectivity index (χ4v) is 3.67. The zero-order chi connectivity index (χ0) is 22.5. The van der Waals surface area contributed by atoms with Gasteiger partial charge in [-0.15, -0.1) is 0 Å². The van der Waals surface area contributed by atoms with Crippen molar-refractivity contribution in [3.05, 3.63) is 59.2 Å². The van der Waals surface area contributed by atoms with Crippen LogP contribution in [0.1, 0.15) is 23.1 Å². The Hall–Kier alpha value is -2.59. The lowest BCUT2D eigenvalue weighted by atomic mass is 10.1. The predicted molar refractivity (Wildman–Crippen MR) is 105 cm³/mol. The lowest BCUT2D eigenvalue weighted by molar-refractivity contribution is -0.137. The highest BCUT2D eigenvalue weighted by atomic mass is 32.2. The summed E-state index contributed by atoms with van der Waals surface area (Å²) in [6.07, 6.45) is -4.23. The van der Waals surface area contributed by atoms with Crippen molar-refractivity contribution < 1.29 is 31.1 Å². The standard InChI is InChI=1S/C20H23F3N2O4S/c1-25(2)30(27,28)17-8-9-18(29-3)15(12-17)7-10-19(26)24-13-14-5-4-6-16(11-14)20(21,22)23/h4-6,8-9,11-12H,7,10,13H2,1-3H3,(H,24,26). The molecule has 0 radical (unpaired) electrons. The maximum Gasteiger partial charge on any atom is 0.416 e. The number of nitrogens with zero attached hydrogens (tertiary/aromatic N) is 1. The summed E-state index contributed by atoms with van der Waals surface area (Å²) in [7, 11) is 0.631. The third-order valence-corrected chi connectivity index (χ3v) is 6.21. The summed E-state index contributed by atoms with van der Waals surface area (Å²) in [6.45, 7) is -0.0467. The first-order chi connectivity index (χ1) is 13.9. The summed E-state index contributed by atoms with van der Waals surface area (Å²) in [5.74, 6) is 0.0636. The molecule has 0 atom stereocenters. The molecule has 0 aliphatic rings. The van der Waals surface area contributed by atoms with Crippen molar-refractivity contribution >= 4 is 15.9 Å². The lowest BCUT2D eigenvalue weighted by Gasteiger charge is -2.14. The van der Waals surface area contributed by atoms with Crippen LogP contribution in [0.25, 0.3) is 0 Å². The predicted octanol–water partition coefficient (Wildman–Crippen LogP) is 3.21. The van der Waals surface area contributed by atoms with Crippen molar-refractivity contribution in [3.8, 4) is 5.75 Å². The van der Waals surface area contributed by atoms with Crippen molar-refractivity contribution in [2.45, 2.75) is 30.5 Å². The Balaban J connectivity index is 2.04. The number of benzene rings is 2. The van der Waals surface area contributed by atoms with Crippen LogP contribution in [0.2, 0.25) is 0 Å². The van der Waals surface area contributed by atoms with Gasteiger partial charge in [0, 0.05) is 27.1 Å². The molecule has 0 heterocycles. The van der Waals surface area contributed by atoms with Gasteiger partial charge < -0.3 is 10.1 Å². The summed E-state index contributed by atoms with van der Waals surface area (Å²) in [5, 5.41) is 2.57. The fourth-order valence-electron chi connectivity index (χ4n) is 2.72. The Labute approximate surface area is 173 Å². The van der Waals surface area contributed by atoms with E-state index in [-0.39, 0.29) is 30.2 Å². The molecule has 0 saturated carbocycles. The second-order valence-electron chi connectivity index (χ2n) is 6.74. The molecule has 164 valence electrons. The van der Waals surface area contributed by atoms with Crippen LogP contribution in [0, 0.1) is 0 Å². The van der Waals surface area contributed by atoms with Gasteiger partial charge in [-0.1, -0.05) is 12.1 Å². The van der Waals surface area contributed by atoms with Crippen LogP contribution >= 0.6 is 0 Å². The van der Waals surface area contributed by atoms with Gasteiger partial charge in [-0.05, 0) is 47.9 Å². The number of rotatable bonds is 8. The molecule has 0 aliphatic carbocycles. The van der Waals surface area contributed by atoms with Crippen molar-refractivity contribution in [2.24, 2.45) is 0 Å². The normalized spacial score (nSPS) is 12.1. The number of nitrogens with one attached hydrogen (secondary N) is 1. The number of alkyl halides is 3. The Morgan fingerprint density at radius 1 is 1.13 bits per heavy atom. The number of halogens is 3. The van der Waals surface area contributed by atoms with E-state index in [9.17, 15) is 26.4 Å². The summed E-state index contributed by atoms with van der Waals surface area (Å²) in [4.78, 5) is 12.2. The molecule has 6 nitrogen and oxygen atoms in total. The van der Waals surface area contributed by atoms with E-state index in [0.717, 1.165) is 16.4 Å². The van der Waals surface area contributed by atoms with Crippen molar-refractivity contribution in [1.82, 2.24) is 9.62 Å². The zero-order valence-corrected chi connectivity index (χ0v) is 17.6. The van der Waals surface area contributed by atoms with Crippen molar-refractivity contribution in [3.63, 3.8) is 0 Å². The number of hydrogen-bond donors (Lipinski definition) is 1. The Morgan fingerprint density at radius 2 is 1.83 bits per heavy atom. The van der Waals surface area contributed by atoms with Crippen LogP contribution in [0.3, 0.4) is 0 Å². The smallest absolute Gasteiger partial charge is 0.416 e. The molecule has 0 unspecified atom stereocenters. The molecule has 0 fully saturated rings. The Morgan fingerprint density at radius 3 is 2.43 bits per heavy atom. The SMILES string of the molecule is COc1ccc(S(=O)(=O)N(C)C)cc1CCC(=O)NCc1cccc(C(F)(F)F)c1. The van der Waals surface area contributed by atoms with Gasteiger partial charge >= 0.3 is 6.18 Å². The van der Waals surface area contributed by atoms with Gasteiger partial charge in [-0.3, -0.25) is 4.79 Å². The lowest BCUT2D eigenvalue weighted by Crippen LogP contribution is -2.24. The highest BCUT2D eigenvalue weighted by molar-refractivity contribution is 7.89. The molecule has 1 N–H and O–H groups in total. The van der Waals surface area contributed by atoms with E-state index >= 15 is 0 Å². The first-order valence-corrected chi connectivity index (χ1v) is 10.4. The minimum Gasteiger partial charge on any atom is -0.496 e. The molecule has 30 heavy (non-hydrogen) atoms. The summed E-state index contributed by atoms with van der Waals surface area (Å²) < 4.78 is 69.2. The second kappa shape index (κ2) is 9.48. The van der Waals surface area contributed by atoms with Gasteiger partial charge in [0.25, 0.3) is 0 Å². The number of carbonyl (C=O) groups excluding carboxylic acids is 1. The average molecular weight is 444 g/mol. The third kappa shape index (κ3) is 5.96. The molecule has 10 heteroatoms. The van der Waals surface area contributed by atoms with E-state index in [1.165, 1.54) is 51.5 Å². The van der Waals surface area contributed by atoms with Gasteiger partial charge in [0.1, 0.15) is 5.75 Å². The number of carbonyl (C=O) groups is 1. The molecule has 2 aromatic rings. The minimum atomic E-state index is -4.45. The van der Waals surface area contributed by atoms with Gasteiger partial charge in [0.2, 0.25) is 15.9 Å². The van der Waals surface area contributed by atoms with Gasteiger partial charge in [0.15, 0.2) is 0 Å². The molecule has 0 aromatic heterocycles. The van der Waals surface area contributed by atoms with E-state index in [1.54, 1.807) is 0 Å². The molecule has 1 amide bonds. The molecule has 2 rings (SSSR count). The molecular weight excluding hydrogens is 421 g/mol. The summed E-state index contributed by atoms with van der Waals surface area (Å²) in [6, 6.07) is 9.12. The molecule has 0 saturated heterocycles. The van der Waals surface area contributed by atoms with Crippen LogP contribution in [0.5, 0.6) is 5.75 Å². The second-order valence-corrected chi connectivity index (χ2v) is 8.89. The summed E-state index contributed by atoms with van der Waals surface area (Å²) >= 11 is 0. The number of methoxy groups -OCH3 is 1. The van der Waals surface area contributed by atoms with Crippen molar-refractivity contribution in [2.75, 3.05) is 21.2 Å². The highest BCUT2D eigenvalue weighted by Gasteiger charge is 2.30. The van der Waals surface area contributed by atoms with Crippen molar-refractivity contribution in [1.29, 1.82) is 0 Å². The topological polar surface area (TPSA) is 75.7 Å². The zero-order valence-electron chi connectivity index (χ0n) is 16.8. The van der Waals surface area contributed by atoms with Crippen LogP contribution in [-0.4, -0.2) is 39.8 Å². The third-order valence-electron chi connectivity index (χ3n) is 4.40. The molecule has 0 bridgehead atoms.